The summed E-state index contributed by atoms with van der Waals surface area (Å²) in [7, 11) is -1.20. The summed E-state index contributed by atoms with van der Waals surface area (Å²) in [6.07, 6.45) is 1.52. The smallest absolute Gasteiger partial charge is 0.188 e. The van der Waals surface area contributed by atoms with Crippen LogP contribution in [0.4, 0.5) is 0 Å². The molecule has 1 aliphatic rings. The fourth-order valence-electron chi connectivity index (χ4n) is 2.43. The Morgan fingerprint density at radius 2 is 2.09 bits per heavy atom. The Balaban J connectivity index is 0.00000264. The highest BCUT2D eigenvalue weighted by molar-refractivity contribution is 14.0. The second-order valence-corrected chi connectivity index (χ2v) is 7.75. The highest BCUT2D eigenvalue weighted by Gasteiger charge is 2.27. The summed E-state index contributed by atoms with van der Waals surface area (Å²) in [4.78, 5) is 4.23. The van der Waals surface area contributed by atoms with Gasteiger partial charge in [0.15, 0.2) is 15.8 Å². The Bertz CT molecular complexity index is 617. The number of rotatable bonds is 6. The average Bonchev–Trinajstić information content (AvgIpc) is 2.85. The predicted octanol–water partition coefficient (Wildman–Crippen LogP) is 1.19. The van der Waals surface area contributed by atoms with Gasteiger partial charge in [-0.15, -0.1) is 24.0 Å². The van der Waals surface area contributed by atoms with Crippen molar-refractivity contribution in [2.75, 3.05) is 31.7 Å². The molecular weight excluding hydrogens is 429 g/mol. The summed E-state index contributed by atoms with van der Waals surface area (Å²) in [5.74, 6) is 1.82. The first-order valence-electron chi connectivity index (χ1n) is 7.35. The van der Waals surface area contributed by atoms with Gasteiger partial charge in [0.05, 0.1) is 18.6 Å². The van der Waals surface area contributed by atoms with Gasteiger partial charge >= 0.3 is 0 Å². The standard InChI is InChI=1S/C15H23N3O3S.HI/c1-21-14-4-2-12(3-5-14)6-8-17-15(16)18-10-13-7-9-22(19,20)11-13;/h2-5,13H,6-11H2,1H3,(H3,16,17,18);1H. The summed E-state index contributed by atoms with van der Waals surface area (Å²) < 4.78 is 27.8. The number of nitrogens with one attached hydrogen (secondary N) is 1. The number of sulfone groups is 1. The number of nitrogens with zero attached hydrogens (tertiary/aromatic N) is 1. The van der Waals surface area contributed by atoms with Crippen LogP contribution in [0.5, 0.6) is 5.75 Å². The molecule has 0 aromatic heterocycles. The van der Waals surface area contributed by atoms with Gasteiger partial charge < -0.3 is 15.8 Å². The minimum atomic E-state index is -2.84. The number of hydrogen-bond acceptors (Lipinski definition) is 4. The van der Waals surface area contributed by atoms with E-state index in [4.69, 9.17) is 10.5 Å². The number of hydrogen-bond donors (Lipinski definition) is 2. The van der Waals surface area contributed by atoms with E-state index in [0.29, 0.717) is 25.5 Å². The molecule has 6 nitrogen and oxygen atoms in total. The Morgan fingerprint density at radius 1 is 1.39 bits per heavy atom. The van der Waals surface area contributed by atoms with E-state index >= 15 is 0 Å². The van der Waals surface area contributed by atoms with Crippen molar-refractivity contribution in [2.45, 2.75) is 12.8 Å². The normalized spacial score (nSPS) is 19.9. The van der Waals surface area contributed by atoms with Crippen LogP contribution in [0.3, 0.4) is 0 Å². The molecule has 1 aromatic rings. The van der Waals surface area contributed by atoms with Crippen molar-refractivity contribution in [3.05, 3.63) is 29.8 Å². The van der Waals surface area contributed by atoms with E-state index in [1.54, 1.807) is 7.11 Å². The van der Waals surface area contributed by atoms with Crippen LogP contribution in [-0.4, -0.2) is 46.1 Å². The number of halogens is 1. The molecule has 1 fully saturated rings. The van der Waals surface area contributed by atoms with Crippen molar-refractivity contribution in [1.29, 1.82) is 0 Å². The van der Waals surface area contributed by atoms with Crippen molar-refractivity contribution < 1.29 is 13.2 Å². The maximum Gasteiger partial charge on any atom is 0.188 e. The third-order valence-electron chi connectivity index (χ3n) is 3.73. The molecule has 0 bridgehead atoms. The second-order valence-electron chi connectivity index (χ2n) is 5.52. The molecule has 23 heavy (non-hydrogen) atoms. The minimum Gasteiger partial charge on any atom is -0.497 e. The molecule has 1 atom stereocenters. The van der Waals surface area contributed by atoms with Crippen LogP contribution in [0.1, 0.15) is 12.0 Å². The quantitative estimate of drug-likeness (QED) is 0.384. The zero-order valence-electron chi connectivity index (χ0n) is 13.2. The van der Waals surface area contributed by atoms with Crippen molar-refractivity contribution in [3.63, 3.8) is 0 Å². The summed E-state index contributed by atoms with van der Waals surface area (Å²) in [5.41, 5.74) is 6.98. The van der Waals surface area contributed by atoms with Gasteiger partial charge in [-0.25, -0.2) is 8.42 Å². The molecule has 130 valence electrons. The van der Waals surface area contributed by atoms with Gasteiger partial charge in [-0.1, -0.05) is 12.1 Å². The molecule has 1 aliphatic heterocycles. The fourth-order valence-corrected chi connectivity index (χ4v) is 4.28. The molecule has 0 radical (unpaired) electrons. The molecule has 1 aromatic carbocycles. The second kappa shape index (κ2) is 9.31. The first-order chi connectivity index (χ1) is 10.5. The molecule has 8 heteroatoms. The topological polar surface area (TPSA) is 93.8 Å². The Hall–Kier alpha value is -1.03. The largest absolute Gasteiger partial charge is 0.497 e. The first-order valence-corrected chi connectivity index (χ1v) is 9.18. The molecule has 1 saturated heterocycles. The maximum absolute atomic E-state index is 11.4. The zero-order valence-corrected chi connectivity index (χ0v) is 16.3. The van der Waals surface area contributed by atoms with Crippen LogP contribution in [-0.2, 0) is 16.3 Å². The lowest BCUT2D eigenvalue weighted by molar-refractivity contribution is 0.414. The summed E-state index contributed by atoms with van der Waals surface area (Å²) in [6, 6.07) is 7.87. The molecule has 0 amide bonds. The van der Waals surface area contributed by atoms with Gasteiger partial charge in [-0.3, -0.25) is 4.99 Å². The van der Waals surface area contributed by atoms with Crippen molar-refractivity contribution in [3.8, 4) is 5.75 Å². The molecule has 0 aliphatic carbocycles. The SMILES string of the molecule is COc1ccc(CCNC(N)=NCC2CCS(=O)(=O)C2)cc1.I. The van der Waals surface area contributed by atoms with Crippen molar-refractivity contribution in [2.24, 2.45) is 16.6 Å². The van der Waals surface area contributed by atoms with Crippen molar-refractivity contribution >= 4 is 39.8 Å². The van der Waals surface area contributed by atoms with Gasteiger partial charge in [0.1, 0.15) is 5.75 Å². The van der Waals surface area contributed by atoms with Crippen molar-refractivity contribution in [1.82, 2.24) is 5.32 Å². The molecule has 2 rings (SSSR count). The summed E-state index contributed by atoms with van der Waals surface area (Å²) in [6.45, 7) is 1.16. The highest BCUT2D eigenvalue weighted by Crippen LogP contribution is 2.18. The molecule has 0 saturated carbocycles. The maximum atomic E-state index is 11.4. The van der Waals surface area contributed by atoms with Crippen LogP contribution in [0.25, 0.3) is 0 Å². The zero-order chi connectivity index (χ0) is 16.0. The number of aliphatic imine (C=N–C) groups is 1. The third-order valence-corrected chi connectivity index (χ3v) is 5.56. The van der Waals surface area contributed by atoms with Crippen LogP contribution in [0.15, 0.2) is 29.3 Å². The number of ether oxygens (including phenoxy) is 1. The van der Waals surface area contributed by atoms with Crippen LogP contribution in [0, 0.1) is 5.92 Å². The molecule has 1 unspecified atom stereocenters. The predicted molar refractivity (Wildman–Crippen MR) is 103 cm³/mol. The number of nitrogens with two attached hydrogens (primary N) is 1. The first kappa shape index (κ1) is 20.0. The van der Waals surface area contributed by atoms with E-state index in [2.05, 4.69) is 10.3 Å². The average molecular weight is 453 g/mol. The van der Waals surface area contributed by atoms with Gasteiger partial charge in [-0.05, 0) is 36.5 Å². The van der Waals surface area contributed by atoms with Crippen LogP contribution < -0.4 is 15.8 Å². The number of benzene rings is 1. The molecule has 3 N–H and O–H groups in total. The lowest BCUT2D eigenvalue weighted by atomic mass is 10.1. The lowest BCUT2D eigenvalue weighted by Crippen LogP contribution is -2.33. The summed E-state index contributed by atoms with van der Waals surface area (Å²) in [5, 5.41) is 3.05. The van der Waals surface area contributed by atoms with E-state index in [-0.39, 0.29) is 41.4 Å². The molecule has 1 heterocycles. The van der Waals surface area contributed by atoms with Crippen LogP contribution in [0.2, 0.25) is 0 Å². The van der Waals surface area contributed by atoms with E-state index in [1.807, 2.05) is 24.3 Å². The number of guanidine groups is 1. The van der Waals surface area contributed by atoms with E-state index in [0.717, 1.165) is 12.2 Å². The van der Waals surface area contributed by atoms with E-state index in [1.165, 1.54) is 5.56 Å². The van der Waals surface area contributed by atoms with Crippen LogP contribution >= 0.6 is 24.0 Å². The minimum absolute atomic E-state index is 0. The summed E-state index contributed by atoms with van der Waals surface area (Å²) >= 11 is 0. The fraction of sp³-hybridized carbons (Fsp3) is 0.533. The molecular formula is C15H24IN3O3S. The molecule has 0 spiro atoms. The van der Waals surface area contributed by atoms with E-state index < -0.39 is 9.84 Å². The van der Waals surface area contributed by atoms with Gasteiger partial charge in [0.25, 0.3) is 0 Å². The van der Waals surface area contributed by atoms with Gasteiger partial charge in [0.2, 0.25) is 0 Å². The highest BCUT2D eigenvalue weighted by atomic mass is 127. The van der Waals surface area contributed by atoms with E-state index in [9.17, 15) is 8.42 Å². The van der Waals surface area contributed by atoms with Gasteiger partial charge in [0, 0.05) is 13.1 Å². The number of methoxy groups -OCH3 is 1. The van der Waals surface area contributed by atoms with Gasteiger partial charge in [-0.2, -0.15) is 0 Å². The monoisotopic (exact) mass is 453 g/mol. The lowest BCUT2D eigenvalue weighted by Gasteiger charge is -2.08. The Morgan fingerprint density at radius 3 is 2.65 bits per heavy atom. The third kappa shape index (κ3) is 6.94. The Labute approximate surface area is 154 Å². The Kier molecular flexibility index (Phi) is 8.10.